The Hall–Kier alpha value is -2.69. The Morgan fingerprint density at radius 1 is 1.04 bits per heavy atom. The highest BCUT2D eigenvalue weighted by atomic mass is 32.2. The van der Waals surface area contributed by atoms with Crippen molar-refractivity contribution in [1.82, 2.24) is 14.8 Å². The van der Waals surface area contributed by atoms with Gasteiger partial charge in [0.1, 0.15) is 5.82 Å². The molecule has 2 N–H and O–H groups in total. The predicted molar refractivity (Wildman–Crippen MR) is 85.3 cm³/mol. The average Bonchev–Trinajstić information content (AvgIpc) is 2.89. The van der Waals surface area contributed by atoms with Crippen LogP contribution in [0.3, 0.4) is 0 Å². The van der Waals surface area contributed by atoms with E-state index in [0.717, 1.165) is 11.1 Å². The van der Waals surface area contributed by atoms with Crippen molar-refractivity contribution < 1.29 is 8.42 Å². The maximum Gasteiger partial charge on any atom is 0.238 e. The zero-order valence-corrected chi connectivity index (χ0v) is 13.4. The summed E-state index contributed by atoms with van der Waals surface area (Å²) >= 11 is 0. The molecular formula is C16H14N4O2S. The first kappa shape index (κ1) is 15.2. The summed E-state index contributed by atoms with van der Waals surface area (Å²) in [5.74, 6) is 1.21. The van der Waals surface area contributed by atoms with Gasteiger partial charge in [0, 0.05) is 0 Å². The first-order valence-electron chi connectivity index (χ1n) is 6.82. The second-order valence-electron chi connectivity index (χ2n) is 5.11. The smallest absolute Gasteiger partial charge is 0.225 e. The second-order valence-corrected chi connectivity index (χ2v) is 6.67. The second kappa shape index (κ2) is 5.50. The van der Waals surface area contributed by atoms with Crippen LogP contribution in [0, 0.1) is 26.0 Å². The molecule has 1 heterocycles. The summed E-state index contributed by atoms with van der Waals surface area (Å²) < 4.78 is 24.3. The Bertz CT molecular complexity index is 943. The number of benzene rings is 1. The SMILES string of the molecule is Cc1c#cc(-c2nc(C)nn2-c2ccc(S(N)(=O)=O)cc2)cc1. The molecule has 3 rings (SSSR count). The van der Waals surface area contributed by atoms with E-state index in [1.165, 1.54) is 12.1 Å². The zero-order valence-electron chi connectivity index (χ0n) is 12.6. The molecule has 0 atom stereocenters. The van der Waals surface area contributed by atoms with Crippen LogP contribution in [0.1, 0.15) is 11.4 Å². The van der Waals surface area contributed by atoms with Crippen LogP contribution >= 0.6 is 0 Å². The molecule has 0 unspecified atom stereocenters. The summed E-state index contributed by atoms with van der Waals surface area (Å²) in [5, 5.41) is 9.48. The quantitative estimate of drug-likeness (QED) is 0.794. The minimum atomic E-state index is -3.72. The Morgan fingerprint density at radius 3 is 2.30 bits per heavy atom. The van der Waals surface area contributed by atoms with E-state index in [1.54, 1.807) is 23.7 Å². The third-order valence-electron chi connectivity index (χ3n) is 3.26. The minimum absolute atomic E-state index is 0.0508. The summed E-state index contributed by atoms with van der Waals surface area (Å²) in [6, 6.07) is 16.0. The van der Waals surface area contributed by atoms with Gasteiger partial charge in [0.2, 0.25) is 10.0 Å². The maximum absolute atomic E-state index is 11.3. The molecule has 23 heavy (non-hydrogen) atoms. The van der Waals surface area contributed by atoms with E-state index in [-0.39, 0.29) is 4.90 Å². The molecule has 0 fully saturated rings. The van der Waals surface area contributed by atoms with Crippen LogP contribution in [0.2, 0.25) is 0 Å². The molecular weight excluding hydrogens is 312 g/mol. The lowest BCUT2D eigenvalue weighted by atomic mass is 10.2. The molecule has 0 radical (unpaired) electrons. The Labute approximate surface area is 134 Å². The van der Waals surface area contributed by atoms with Crippen LogP contribution < -0.4 is 5.14 Å². The van der Waals surface area contributed by atoms with Crippen LogP contribution in [0.25, 0.3) is 17.1 Å². The van der Waals surface area contributed by atoms with Crippen LogP contribution in [-0.2, 0) is 10.0 Å². The maximum atomic E-state index is 11.3. The van der Waals surface area contributed by atoms with Gasteiger partial charge in [0.25, 0.3) is 0 Å². The van der Waals surface area contributed by atoms with Crippen molar-refractivity contribution in [2.75, 3.05) is 0 Å². The molecule has 0 aliphatic carbocycles. The van der Waals surface area contributed by atoms with E-state index in [2.05, 4.69) is 22.2 Å². The average molecular weight is 326 g/mol. The van der Waals surface area contributed by atoms with Crippen molar-refractivity contribution in [3.8, 4) is 17.1 Å². The highest BCUT2D eigenvalue weighted by Gasteiger charge is 2.13. The van der Waals surface area contributed by atoms with Crippen LogP contribution in [0.15, 0.2) is 41.3 Å². The number of aromatic nitrogens is 3. The predicted octanol–water partition coefficient (Wildman–Crippen LogP) is 1.80. The third-order valence-corrected chi connectivity index (χ3v) is 4.19. The number of nitrogens with two attached hydrogens (primary N) is 1. The molecule has 2 aromatic carbocycles. The van der Waals surface area contributed by atoms with Gasteiger partial charge >= 0.3 is 0 Å². The molecule has 0 saturated heterocycles. The fourth-order valence-corrected chi connectivity index (χ4v) is 2.65. The van der Waals surface area contributed by atoms with Gasteiger partial charge in [-0.2, -0.15) is 5.10 Å². The van der Waals surface area contributed by atoms with Crippen molar-refractivity contribution >= 4 is 10.0 Å². The normalized spacial score (nSPS) is 11.3. The molecule has 0 aliphatic heterocycles. The molecule has 0 bridgehead atoms. The van der Waals surface area contributed by atoms with Crippen LogP contribution in [0.5, 0.6) is 0 Å². The van der Waals surface area contributed by atoms with Crippen molar-refractivity contribution in [1.29, 1.82) is 0 Å². The lowest BCUT2D eigenvalue weighted by Gasteiger charge is -2.06. The first-order chi connectivity index (χ1) is 10.8. The Balaban J connectivity index is 2.09. The first-order valence-corrected chi connectivity index (χ1v) is 8.37. The summed E-state index contributed by atoms with van der Waals surface area (Å²) in [6.45, 7) is 3.72. The number of primary sulfonamides is 1. The number of rotatable bonds is 3. The molecule has 0 saturated carbocycles. The molecule has 0 spiro atoms. The monoisotopic (exact) mass is 326 g/mol. The highest BCUT2D eigenvalue weighted by molar-refractivity contribution is 7.89. The van der Waals surface area contributed by atoms with Gasteiger partial charge in [-0.1, -0.05) is 12.1 Å². The van der Waals surface area contributed by atoms with Gasteiger partial charge in [-0.25, -0.2) is 23.2 Å². The summed E-state index contributed by atoms with van der Waals surface area (Å²) in [6.07, 6.45) is 0. The molecule has 3 aromatic rings. The summed E-state index contributed by atoms with van der Waals surface area (Å²) in [4.78, 5) is 4.47. The number of sulfonamides is 1. The number of hydrogen-bond acceptors (Lipinski definition) is 4. The minimum Gasteiger partial charge on any atom is -0.225 e. The van der Waals surface area contributed by atoms with E-state index in [4.69, 9.17) is 5.14 Å². The van der Waals surface area contributed by atoms with Gasteiger partial charge in [-0.3, -0.25) is 0 Å². The largest absolute Gasteiger partial charge is 0.238 e. The Kier molecular flexibility index (Phi) is 3.64. The summed E-state index contributed by atoms with van der Waals surface area (Å²) in [5.41, 5.74) is 2.42. The zero-order chi connectivity index (χ0) is 16.6. The Morgan fingerprint density at radius 2 is 1.74 bits per heavy atom. The standard InChI is InChI=1S/C16H14N4O2S/c1-11-3-5-13(6-4-11)16-18-12(2)19-20(16)14-7-9-15(10-8-14)23(17,21)22/h3,5,7-10H,1-2H3,(H2,17,21,22). The van der Waals surface area contributed by atoms with Crippen molar-refractivity contribution in [2.45, 2.75) is 18.7 Å². The van der Waals surface area contributed by atoms with Gasteiger partial charge < -0.3 is 0 Å². The molecule has 116 valence electrons. The van der Waals surface area contributed by atoms with Gasteiger partial charge in [-0.05, 0) is 55.8 Å². The number of hydrogen-bond donors (Lipinski definition) is 1. The van der Waals surface area contributed by atoms with Crippen molar-refractivity contribution in [2.24, 2.45) is 5.14 Å². The van der Waals surface area contributed by atoms with Crippen LogP contribution in [0.4, 0.5) is 0 Å². The van der Waals surface area contributed by atoms with Crippen molar-refractivity contribution in [3.63, 3.8) is 0 Å². The van der Waals surface area contributed by atoms with Crippen LogP contribution in [-0.4, -0.2) is 23.2 Å². The molecule has 0 aliphatic rings. The van der Waals surface area contributed by atoms with Gasteiger partial charge in [-0.15, -0.1) is 0 Å². The fourth-order valence-electron chi connectivity index (χ4n) is 2.13. The lowest BCUT2D eigenvalue weighted by molar-refractivity contribution is 0.598. The van der Waals surface area contributed by atoms with E-state index in [1.807, 2.05) is 19.1 Å². The third kappa shape index (κ3) is 3.08. The molecule has 6 nitrogen and oxygen atoms in total. The van der Waals surface area contributed by atoms with Crippen molar-refractivity contribution in [3.05, 3.63) is 59.9 Å². The summed E-state index contributed by atoms with van der Waals surface area (Å²) in [7, 11) is -3.72. The van der Waals surface area contributed by atoms with E-state index in [9.17, 15) is 8.42 Å². The van der Waals surface area contributed by atoms with E-state index < -0.39 is 10.0 Å². The molecule has 1 aromatic heterocycles. The highest BCUT2D eigenvalue weighted by Crippen LogP contribution is 2.20. The van der Waals surface area contributed by atoms with E-state index >= 15 is 0 Å². The molecule has 0 amide bonds. The van der Waals surface area contributed by atoms with Gasteiger partial charge in [0.05, 0.1) is 16.1 Å². The number of aryl methyl sites for hydroxylation is 2. The van der Waals surface area contributed by atoms with E-state index in [0.29, 0.717) is 17.3 Å². The van der Waals surface area contributed by atoms with Gasteiger partial charge in [0.15, 0.2) is 5.82 Å². The molecule has 7 heteroatoms. The topological polar surface area (TPSA) is 90.9 Å². The fraction of sp³-hybridized carbons (Fsp3) is 0.125. The number of nitrogens with zero attached hydrogens (tertiary/aromatic N) is 3. The lowest BCUT2D eigenvalue weighted by Crippen LogP contribution is -2.12.